The standard InChI is InChI=1S/C15H19ClN2/c16-15-4-2-1-3-13(15)11-18-14-7-5-12(6-8-14)9-10-17/h1-4,12,14,18H,5-9,11H2/t12-,14+. The Morgan fingerprint density at radius 3 is 2.61 bits per heavy atom. The van der Waals surface area contributed by atoms with E-state index in [1.54, 1.807) is 0 Å². The molecule has 0 spiro atoms. The molecule has 1 aliphatic rings. The van der Waals surface area contributed by atoms with Crippen LogP contribution in [0.1, 0.15) is 37.7 Å². The molecule has 3 heteroatoms. The minimum absolute atomic E-state index is 0.580. The minimum atomic E-state index is 0.580. The molecule has 96 valence electrons. The van der Waals surface area contributed by atoms with Gasteiger partial charge in [0.25, 0.3) is 0 Å². The number of halogens is 1. The summed E-state index contributed by atoms with van der Waals surface area (Å²) in [4.78, 5) is 0. The monoisotopic (exact) mass is 262 g/mol. The first kappa shape index (κ1) is 13.4. The quantitative estimate of drug-likeness (QED) is 0.893. The summed E-state index contributed by atoms with van der Waals surface area (Å²) in [5.41, 5.74) is 1.17. The molecule has 0 aromatic heterocycles. The van der Waals surface area contributed by atoms with Gasteiger partial charge in [0, 0.05) is 24.0 Å². The lowest BCUT2D eigenvalue weighted by molar-refractivity contribution is 0.294. The molecule has 0 amide bonds. The number of benzene rings is 1. The Kier molecular flexibility index (Phi) is 5.04. The summed E-state index contributed by atoms with van der Waals surface area (Å²) in [5, 5.41) is 13.1. The van der Waals surface area contributed by atoms with E-state index in [0.717, 1.165) is 18.0 Å². The first-order valence-electron chi connectivity index (χ1n) is 6.63. The van der Waals surface area contributed by atoms with Crippen molar-refractivity contribution in [2.75, 3.05) is 0 Å². The van der Waals surface area contributed by atoms with E-state index in [1.807, 2.05) is 18.2 Å². The molecule has 1 saturated carbocycles. The lowest BCUT2D eigenvalue weighted by Gasteiger charge is -2.28. The fourth-order valence-electron chi connectivity index (χ4n) is 2.60. The molecule has 0 atom stereocenters. The van der Waals surface area contributed by atoms with Crippen LogP contribution in [0.2, 0.25) is 5.02 Å². The highest BCUT2D eigenvalue weighted by molar-refractivity contribution is 6.31. The molecule has 0 radical (unpaired) electrons. The van der Waals surface area contributed by atoms with E-state index < -0.39 is 0 Å². The largest absolute Gasteiger partial charge is 0.310 e. The van der Waals surface area contributed by atoms with Crippen LogP contribution in [0.5, 0.6) is 0 Å². The third-order valence-corrected chi connectivity index (χ3v) is 4.13. The van der Waals surface area contributed by atoms with Crippen molar-refractivity contribution < 1.29 is 0 Å². The molecular formula is C15H19ClN2. The fraction of sp³-hybridized carbons (Fsp3) is 0.533. The van der Waals surface area contributed by atoms with Crippen molar-refractivity contribution in [2.24, 2.45) is 5.92 Å². The highest BCUT2D eigenvalue weighted by atomic mass is 35.5. The van der Waals surface area contributed by atoms with Gasteiger partial charge in [-0.2, -0.15) is 5.26 Å². The molecule has 0 bridgehead atoms. The van der Waals surface area contributed by atoms with Crippen molar-refractivity contribution in [3.63, 3.8) is 0 Å². The van der Waals surface area contributed by atoms with Gasteiger partial charge in [0.15, 0.2) is 0 Å². The fourth-order valence-corrected chi connectivity index (χ4v) is 2.80. The Morgan fingerprint density at radius 1 is 1.22 bits per heavy atom. The zero-order valence-electron chi connectivity index (χ0n) is 10.5. The summed E-state index contributed by atoms with van der Waals surface area (Å²) in [6.07, 6.45) is 5.42. The van der Waals surface area contributed by atoms with Gasteiger partial charge in [0.2, 0.25) is 0 Å². The van der Waals surface area contributed by atoms with E-state index in [1.165, 1.54) is 31.2 Å². The Labute approximate surface area is 114 Å². The second kappa shape index (κ2) is 6.78. The third-order valence-electron chi connectivity index (χ3n) is 3.77. The number of hydrogen-bond acceptors (Lipinski definition) is 2. The SMILES string of the molecule is N#CC[C@H]1CC[C@@H](NCc2ccccc2Cl)CC1. The van der Waals surface area contributed by atoms with E-state index in [-0.39, 0.29) is 0 Å². The van der Waals surface area contributed by atoms with Gasteiger partial charge in [-0.3, -0.25) is 0 Å². The number of nitriles is 1. The van der Waals surface area contributed by atoms with Gasteiger partial charge < -0.3 is 5.32 Å². The maximum atomic E-state index is 8.69. The molecular weight excluding hydrogens is 244 g/mol. The van der Waals surface area contributed by atoms with Crippen LogP contribution >= 0.6 is 11.6 Å². The van der Waals surface area contributed by atoms with Gasteiger partial charge >= 0.3 is 0 Å². The predicted octanol–water partition coefficient (Wildman–Crippen LogP) is 3.90. The Balaban J connectivity index is 1.76. The van der Waals surface area contributed by atoms with E-state index in [2.05, 4.69) is 17.5 Å². The van der Waals surface area contributed by atoms with Gasteiger partial charge in [-0.15, -0.1) is 0 Å². The van der Waals surface area contributed by atoms with E-state index in [0.29, 0.717) is 12.0 Å². The van der Waals surface area contributed by atoms with Crippen molar-refractivity contribution in [3.8, 4) is 6.07 Å². The Morgan fingerprint density at radius 2 is 1.94 bits per heavy atom. The average Bonchev–Trinajstić information content (AvgIpc) is 2.40. The predicted molar refractivity (Wildman–Crippen MR) is 74.3 cm³/mol. The maximum Gasteiger partial charge on any atom is 0.0624 e. The zero-order valence-corrected chi connectivity index (χ0v) is 11.3. The van der Waals surface area contributed by atoms with Crippen LogP contribution in [0.4, 0.5) is 0 Å². The molecule has 2 nitrogen and oxygen atoms in total. The van der Waals surface area contributed by atoms with Crippen LogP contribution in [0.25, 0.3) is 0 Å². The topological polar surface area (TPSA) is 35.8 Å². The van der Waals surface area contributed by atoms with Crippen LogP contribution in [-0.2, 0) is 6.54 Å². The second-order valence-electron chi connectivity index (χ2n) is 5.05. The lowest BCUT2D eigenvalue weighted by Crippen LogP contribution is -2.32. The smallest absolute Gasteiger partial charge is 0.0624 e. The van der Waals surface area contributed by atoms with Gasteiger partial charge in [-0.1, -0.05) is 29.8 Å². The number of hydrogen-bond donors (Lipinski definition) is 1. The Bertz CT molecular complexity index is 417. The normalized spacial score (nSPS) is 23.6. The van der Waals surface area contributed by atoms with Crippen LogP contribution in [-0.4, -0.2) is 6.04 Å². The zero-order chi connectivity index (χ0) is 12.8. The van der Waals surface area contributed by atoms with Crippen molar-refractivity contribution in [1.29, 1.82) is 5.26 Å². The van der Waals surface area contributed by atoms with Crippen LogP contribution in [0, 0.1) is 17.2 Å². The van der Waals surface area contributed by atoms with Crippen molar-refractivity contribution in [3.05, 3.63) is 34.9 Å². The van der Waals surface area contributed by atoms with Crippen molar-refractivity contribution in [1.82, 2.24) is 5.32 Å². The lowest BCUT2D eigenvalue weighted by atomic mass is 9.84. The van der Waals surface area contributed by atoms with Gasteiger partial charge in [0.1, 0.15) is 0 Å². The molecule has 0 unspecified atom stereocenters. The van der Waals surface area contributed by atoms with Crippen LogP contribution in [0.3, 0.4) is 0 Å². The first-order valence-corrected chi connectivity index (χ1v) is 7.01. The van der Waals surface area contributed by atoms with Crippen molar-refractivity contribution in [2.45, 2.75) is 44.7 Å². The molecule has 2 rings (SSSR count). The first-order chi connectivity index (χ1) is 8.79. The molecule has 1 N–H and O–H groups in total. The molecule has 0 heterocycles. The average molecular weight is 263 g/mol. The van der Waals surface area contributed by atoms with Crippen molar-refractivity contribution >= 4 is 11.6 Å². The van der Waals surface area contributed by atoms with Gasteiger partial charge in [-0.05, 0) is 43.2 Å². The van der Waals surface area contributed by atoms with Gasteiger partial charge in [0.05, 0.1) is 6.07 Å². The second-order valence-corrected chi connectivity index (χ2v) is 5.46. The highest BCUT2D eigenvalue weighted by Crippen LogP contribution is 2.26. The number of rotatable bonds is 4. The molecule has 0 saturated heterocycles. The molecule has 18 heavy (non-hydrogen) atoms. The molecule has 1 aromatic carbocycles. The summed E-state index contributed by atoms with van der Waals surface area (Å²) in [6.45, 7) is 0.841. The summed E-state index contributed by atoms with van der Waals surface area (Å²) >= 11 is 6.13. The molecule has 1 fully saturated rings. The van der Waals surface area contributed by atoms with E-state index >= 15 is 0 Å². The summed E-state index contributed by atoms with van der Waals surface area (Å²) < 4.78 is 0. The third kappa shape index (κ3) is 3.73. The van der Waals surface area contributed by atoms with E-state index in [4.69, 9.17) is 16.9 Å². The minimum Gasteiger partial charge on any atom is -0.310 e. The summed E-state index contributed by atoms with van der Waals surface area (Å²) in [7, 11) is 0. The highest BCUT2D eigenvalue weighted by Gasteiger charge is 2.20. The van der Waals surface area contributed by atoms with Crippen LogP contribution in [0.15, 0.2) is 24.3 Å². The Hall–Kier alpha value is -1.04. The van der Waals surface area contributed by atoms with Crippen LogP contribution < -0.4 is 5.32 Å². The molecule has 1 aromatic rings. The van der Waals surface area contributed by atoms with E-state index in [9.17, 15) is 0 Å². The molecule has 0 aliphatic heterocycles. The number of nitrogens with zero attached hydrogens (tertiary/aromatic N) is 1. The molecule has 1 aliphatic carbocycles. The maximum absolute atomic E-state index is 8.69. The van der Waals surface area contributed by atoms with Gasteiger partial charge in [-0.25, -0.2) is 0 Å². The number of nitrogens with one attached hydrogen (secondary N) is 1. The summed E-state index contributed by atoms with van der Waals surface area (Å²) in [5.74, 6) is 0.619. The summed E-state index contributed by atoms with van der Waals surface area (Å²) in [6, 6.07) is 10.8.